The Morgan fingerprint density at radius 3 is 2.50 bits per heavy atom. The third kappa shape index (κ3) is 3.49. The third-order valence-electron chi connectivity index (χ3n) is 2.71. The first kappa shape index (κ1) is 13.5. The van der Waals surface area contributed by atoms with Crippen molar-refractivity contribution >= 4 is 22.8 Å². The monoisotopic (exact) mass is 246 g/mol. The molecule has 0 aromatic rings. The molecule has 0 amide bonds. The molecule has 0 N–H and O–H groups in total. The minimum atomic E-state index is -0.523. The summed E-state index contributed by atoms with van der Waals surface area (Å²) >= 11 is 1.20. The number of carbonyl (C=O) groups is 2. The van der Waals surface area contributed by atoms with E-state index in [1.807, 2.05) is 0 Å². The molecule has 5 heteroatoms. The second-order valence-electron chi connectivity index (χ2n) is 3.89. The van der Waals surface area contributed by atoms with Gasteiger partial charge in [-0.05, 0) is 19.8 Å². The second-order valence-corrected chi connectivity index (χ2v) is 5.05. The van der Waals surface area contributed by atoms with E-state index in [1.165, 1.54) is 18.7 Å². The predicted molar refractivity (Wildman–Crippen MR) is 62.3 cm³/mol. The Labute approximate surface area is 100 Å². The van der Waals surface area contributed by atoms with Crippen LogP contribution in [0.2, 0.25) is 0 Å². The van der Waals surface area contributed by atoms with Crippen LogP contribution in [0.4, 0.5) is 0 Å². The lowest BCUT2D eigenvalue weighted by atomic mass is 9.82. The van der Waals surface area contributed by atoms with E-state index in [0.29, 0.717) is 38.4 Å². The van der Waals surface area contributed by atoms with E-state index in [0.717, 1.165) is 0 Å². The molecule has 0 atom stereocenters. The van der Waals surface area contributed by atoms with Crippen molar-refractivity contribution in [1.29, 1.82) is 0 Å². The molecule has 1 fully saturated rings. The van der Waals surface area contributed by atoms with Gasteiger partial charge in [-0.15, -0.1) is 0 Å². The molecule has 92 valence electrons. The van der Waals surface area contributed by atoms with Crippen LogP contribution in [0.15, 0.2) is 0 Å². The van der Waals surface area contributed by atoms with Gasteiger partial charge < -0.3 is 9.47 Å². The van der Waals surface area contributed by atoms with Crippen LogP contribution in [0, 0.1) is 5.41 Å². The number of esters is 1. The van der Waals surface area contributed by atoms with Crippen LogP contribution in [0.5, 0.6) is 0 Å². The maximum atomic E-state index is 11.9. The van der Waals surface area contributed by atoms with Crippen LogP contribution in [0.25, 0.3) is 0 Å². The minimum Gasteiger partial charge on any atom is -0.466 e. The van der Waals surface area contributed by atoms with Crippen LogP contribution >= 0.6 is 11.8 Å². The summed E-state index contributed by atoms with van der Waals surface area (Å²) in [5, 5.41) is 0.0372. The van der Waals surface area contributed by atoms with Crippen molar-refractivity contribution in [1.82, 2.24) is 0 Å². The summed E-state index contributed by atoms with van der Waals surface area (Å²) in [6.45, 7) is 4.83. The molecule has 1 heterocycles. The number of carbonyl (C=O) groups excluding carboxylic acids is 2. The Morgan fingerprint density at radius 2 is 2.00 bits per heavy atom. The zero-order chi connectivity index (χ0) is 12.0. The van der Waals surface area contributed by atoms with E-state index in [2.05, 4.69) is 0 Å². The fourth-order valence-corrected chi connectivity index (χ4v) is 2.58. The lowest BCUT2D eigenvalue weighted by molar-refractivity contribution is -0.159. The Morgan fingerprint density at radius 1 is 1.38 bits per heavy atom. The molecule has 0 aromatic carbocycles. The molecule has 0 spiro atoms. The largest absolute Gasteiger partial charge is 0.466 e. The molecule has 16 heavy (non-hydrogen) atoms. The molecule has 1 aliphatic rings. The number of ether oxygens (including phenoxy) is 2. The van der Waals surface area contributed by atoms with Crippen LogP contribution < -0.4 is 0 Å². The molecule has 4 nitrogen and oxygen atoms in total. The van der Waals surface area contributed by atoms with Gasteiger partial charge in [-0.1, -0.05) is 11.8 Å². The average Bonchev–Trinajstić information content (AvgIpc) is 2.28. The van der Waals surface area contributed by atoms with E-state index >= 15 is 0 Å². The van der Waals surface area contributed by atoms with E-state index in [9.17, 15) is 9.59 Å². The molecular formula is C11H18O4S. The number of thioether (sulfide) groups is 1. The highest BCUT2D eigenvalue weighted by molar-refractivity contribution is 8.13. The van der Waals surface area contributed by atoms with Crippen LogP contribution in [0.1, 0.15) is 26.7 Å². The van der Waals surface area contributed by atoms with Gasteiger partial charge in [0.05, 0.1) is 12.0 Å². The van der Waals surface area contributed by atoms with Gasteiger partial charge in [0.2, 0.25) is 0 Å². The smallest absolute Gasteiger partial charge is 0.313 e. The van der Waals surface area contributed by atoms with Crippen molar-refractivity contribution in [2.75, 3.05) is 25.6 Å². The quantitative estimate of drug-likeness (QED) is 0.706. The van der Waals surface area contributed by atoms with E-state index in [1.54, 1.807) is 6.92 Å². The summed E-state index contributed by atoms with van der Waals surface area (Å²) < 4.78 is 10.4. The predicted octanol–water partition coefficient (Wildman–Crippen LogP) is 1.63. The van der Waals surface area contributed by atoms with Crippen molar-refractivity contribution in [2.24, 2.45) is 5.41 Å². The third-order valence-corrected chi connectivity index (χ3v) is 3.81. The SMILES string of the molecule is CCOC(=O)C1(CSC(C)=O)CCOCC1. The first-order valence-corrected chi connectivity index (χ1v) is 6.47. The Balaban J connectivity index is 2.66. The summed E-state index contributed by atoms with van der Waals surface area (Å²) in [6.07, 6.45) is 1.29. The van der Waals surface area contributed by atoms with Crippen molar-refractivity contribution in [3.05, 3.63) is 0 Å². The number of hydrogen-bond donors (Lipinski definition) is 0. The molecule has 0 unspecified atom stereocenters. The molecular weight excluding hydrogens is 228 g/mol. The normalized spacial score (nSPS) is 19.1. The summed E-state index contributed by atoms with van der Waals surface area (Å²) in [5.41, 5.74) is -0.523. The van der Waals surface area contributed by atoms with E-state index < -0.39 is 5.41 Å². The van der Waals surface area contributed by atoms with E-state index in [4.69, 9.17) is 9.47 Å². The number of hydrogen-bond acceptors (Lipinski definition) is 5. The summed E-state index contributed by atoms with van der Waals surface area (Å²) in [5.74, 6) is 0.317. The Bertz CT molecular complexity index is 259. The standard InChI is InChI=1S/C11H18O4S/c1-3-15-10(13)11(8-16-9(2)12)4-6-14-7-5-11/h3-8H2,1-2H3. The van der Waals surface area contributed by atoms with Gasteiger partial charge in [-0.2, -0.15) is 0 Å². The molecule has 1 saturated heterocycles. The molecule has 1 aliphatic heterocycles. The van der Waals surface area contributed by atoms with Gasteiger partial charge >= 0.3 is 5.97 Å². The van der Waals surface area contributed by atoms with Gasteiger partial charge in [0.15, 0.2) is 5.12 Å². The van der Waals surface area contributed by atoms with E-state index in [-0.39, 0.29) is 11.1 Å². The van der Waals surface area contributed by atoms with Gasteiger partial charge in [0.25, 0.3) is 0 Å². The fourth-order valence-electron chi connectivity index (χ4n) is 1.69. The molecule has 0 radical (unpaired) electrons. The molecule has 0 saturated carbocycles. The summed E-state index contributed by atoms with van der Waals surface area (Å²) in [7, 11) is 0. The lowest BCUT2D eigenvalue weighted by Gasteiger charge is -2.34. The highest BCUT2D eigenvalue weighted by Gasteiger charge is 2.41. The molecule has 0 aliphatic carbocycles. The zero-order valence-corrected chi connectivity index (χ0v) is 10.6. The van der Waals surface area contributed by atoms with Gasteiger partial charge in [0.1, 0.15) is 0 Å². The molecule has 1 rings (SSSR count). The van der Waals surface area contributed by atoms with Crippen LogP contribution in [-0.4, -0.2) is 36.7 Å². The highest BCUT2D eigenvalue weighted by Crippen LogP contribution is 2.35. The van der Waals surface area contributed by atoms with Gasteiger partial charge in [0, 0.05) is 25.9 Å². The van der Waals surface area contributed by atoms with Crippen molar-refractivity contribution < 1.29 is 19.1 Å². The minimum absolute atomic E-state index is 0.0372. The first-order valence-electron chi connectivity index (χ1n) is 5.49. The van der Waals surface area contributed by atoms with Gasteiger partial charge in [-0.3, -0.25) is 9.59 Å². The topological polar surface area (TPSA) is 52.6 Å². The number of rotatable bonds is 4. The fraction of sp³-hybridized carbons (Fsp3) is 0.818. The van der Waals surface area contributed by atoms with Crippen LogP contribution in [-0.2, 0) is 19.1 Å². The van der Waals surface area contributed by atoms with Crippen molar-refractivity contribution in [2.45, 2.75) is 26.7 Å². The molecule has 0 aromatic heterocycles. The Hall–Kier alpha value is -0.550. The lowest BCUT2D eigenvalue weighted by Crippen LogP contribution is -2.41. The van der Waals surface area contributed by atoms with Crippen molar-refractivity contribution in [3.63, 3.8) is 0 Å². The van der Waals surface area contributed by atoms with Gasteiger partial charge in [-0.25, -0.2) is 0 Å². The second kappa shape index (κ2) is 6.25. The zero-order valence-electron chi connectivity index (χ0n) is 9.78. The summed E-state index contributed by atoms with van der Waals surface area (Å²) in [6, 6.07) is 0. The van der Waals surface area contributed by atoms with Crippen molar-refractivity contribution in [3.8, 4) is 0 Å². The summed E-state index contributed by atoms with van der Waals surface area (Å²) in [4.78, 5) is 22.9. The molecule has 0 bridgehead atoms. The average molecular weight is 246 g/mol. The maximum absolute atomic E-state index is 11.9. The highest BCUT2D eigenvalue weighted by atomic mass is 32.2. The Kier molecular flexibility index (Phi) is 5.28. The first-order chi connectivity index (χ1) is 7.60. The maximum Gasteiger partial charge on any atom is 0.313 e. The van der Waals surface area contributed by atoms with Crippen LogP contribution in [0.3, 0.4) is 0 Å².